The Hall–Kier alpha value is -2.44. The van der Waals surface area contributed by atoms with Gasteiger partial charge in [0.1, 0.15) is 11.8 Å². The predicted octanol–water partition coefficient (Wildman–Crippen LogP) is 0.703. The minimum atomic E-state index is -0.0959. The van der Waals surface area contributed by atoms with E-state index in [-0.39, 0.29) is 5.56 Å². The monoisotopic (exact) mass is 244 g/mol. The van der Waals surface area contributed by atoms with Crippen molar-refractivity contribution in [1.82, 2.24) is 29.7 Å². The largest absolute Gasteiger partial charge is 0.340 e. The van der Waals surface area contributed by atoms with Gasteiger partial charge in [0.25, 0.3) is 5.56 Å². The van der Waals surface area contributed by atoms with E-state index < -0.39 is 0 Å². The van der Waals surface area contributed by atoms with Gasteiger partial charge in [0, 0.05) is 11.3 Å². The third kappa shape index (κ3) is 1.37. The molecule has 92 valence electrons. The smallest absolute Gasteiger partial charge is 0.275 e. The van der Waals surface area contributed by atoms with Crippen LogP contribution in [0.15, 0.2) is 17.4 Å². The molecule has 7 nitrogen and oxygen atoms in total. The summed E-state index contributed by atoms with van der Waals surface area (Å²) in [5, 5.41) is 3.06. The average Bonchev–Trinajstić information content (AvgIpc) is 2.96. The van der Waals surface area contributed by atoms with Crippen molar-refractivity contribution in [1.29, 1.82) is 0 Å². The predicted molar refractivity (Wildman–Crippen MR) is 65.7 cm³/mol. The summed E-state index contributed by atoms with van der Waals surface area (Å²) >= 11 is 0. The minimum absolute atomic E-state index is 0.0959. The van der Waals surface area contributed by atoms with Crippen molar-refractivity contribution in [2.24, 2.45) is 0 Å². The van der Waals surface area contributed by atoms with Crippen LogP contribution in [0.3, 0.4) is 0 Å². The second-order valence-corrected chi connectivity index (χ2v) is 4.01. The molecule has 0 radical (unpaired) electrons. The Bertz CT molecular complexity index is 765. The highest BCUT2D eigenvalue weighted by Gasteiger charge is 2.14. The summed E-state index contributed by atoms with van der Waals surface area (Å²) in [5.74, 6) is 0.491. The Morgan fingerprint density at radius 1 is 1.33 bits per heavy atom. The third-order valence-electron chi connectivity index (χ3n) is 2.99. The van der Waals surface area contributed by atoms with Crippen LogP contribution in [0.2, 0.25) is 0 Å². The standard InChI is InChI=1S/C11H12N6O/c1-3-7-6(2)11(18)17(16-7)10-8-9(13-4-12-8)14-5-15-10/h4-5,16H,3H2,1-2H3,(H,12,13,14,15). The zero-order valence-electron chi connectivity index (χ0n) is 10.1. The molecule has 0 saturated carbocycles. The highest BCUT2D eigenvalue weighted by Crippen LogP contribution is 2.13. The van der Waals surface area contributed by atoms with E-state index in [0.717, 1.165) is 12.1 Å². The minimum Gasteiger partial charge on any atom is -0.340 e. The fraction of sp³-hybridized carbons (Fsp3) is 0.273. The lowest BCUT2D eigenvalue weighted by Crippen LogP contribution is -2.17. The van der Waals surface area contributed by atoms with Crippen molar-refractivity contribution in [3.63, 3.8) is 0 Å². The summed E-state index contributed by atoms with van der Waals surface area (Å²) in [4.78, 5) is 27.3. The van der Waals surface area contributed by atoms with E-state index in [2.05, 4.69) is 25.0 Å². The summed E-state index contributed by atoms with van der Waals surface area (Å²) in [5.41, 5.74) is 2.71. The van der Waals surface area contributed by atoms with Gasteiger partial charge in [0.15, 0.2) is 11.5 Å². The molecule has 7 heteroatoms. The van der Waals surface area contributed by atoms with Crippen molar-refractivity contribution >= 4 is 11.2 Å². The van der Waals surface area contributed by atoms with Crippen molar-refractivity contribution in [2.75, 3.05) is 0 Å². The molecule has 0 aliphatic heterocycles. The molecule has 3 rings (SSSR count). The van der Waals surface area contributed by atoms with Gasteiger partial charge in [-0.05, 0) is 13.3 Å². The highest BCUT2D eigenvalue weighted by atomic mass is 16.1. The van der Waals surface area contributed by atoms with Gasteiger partial charge < -0.3 is 4.98 Å². The molecule has 2 N–H and O–H groups in total. The Labute approximate surface area is 102 Å². The SMILES string of the molecule is CCc1[nH]n(-c2ncnc3nc[nH]c23)c(=O)c1C. The van der Waals surface area contributed by atoms with Crippen LogP contribution in [0, 0.1) is 6.92 Å². The molecule has 3 heterocycles. The fourth-order valence-corrected chi connectivity index (χ4v) is 1.98. The lowest BCUT2D eigenvalue weighted by Gasteiger charge is -2.00. The van der Waals surface area contributed by atoms with Crippen LogP contribution in [-0.2, 0) is 6.42 Å². The number of rotatable bonds is 2. The number of aromatic nitrogens is 6. The molecule has 0 aliphatic carbocycles. The first-order chi connectivity index (χ1) is 8.72. The second kappa shape index (κ2) is 3.80. The number of aryl methyl sites for hydroxylation is 1. The summed E-state index contributed by atoms with van der Waals surface area (Å²) in [6.07, 6.45) is 3.70. The molecule has 0 unspecified atom stereocenters. The first kappa shape index (κ1) is 10.7. The van der Waals surface area contributed by atoms with Crippen molar-refractivity contribution in [3.8, 4) is 5.82 Å². The molecule has 0 bridgehead atoms. The number of H-pyrrole nitrogens is 2. The lowest BCUT2D eigenvalue weighted by atomic mass is 10.2. The number of aromatic amines is 2. The molecule has 0 amide bonds. The molecular formula is C11H12N6O. The molecule has 0 atom stereocenters. The van der Waals surface area contributed by atoms with E-state index in [1.54, 1.807) is 6.92 Å². The first-order valence-corrected chi connectivity index (χ1v) is 5.67. The molecule has 0 fully saturated rings. The van der Waals surface area contributed by atoms with Gasteiger partial charge in [0.2, 0.25) is 0 Å². The van der Waals surface area contributed by atoms with Gasteiger partial charge in [-0.2, -0.15) is 4.68 Å². The van der Waals surface area contributed by atoms with Crippen LogP contribution >= 0.6 is 0 Å². The molecule has 3 aromatic heterocycles. The molecule has 3 aromatic rings. The van der Waals surface area contributed by atoms with Crippen LogP contribution in [0.25, 0.3) is 17.0 Å². The summed E-state index contributed by atoms with van der Waals surface area (Å²) in [7, 11) is 0. The fourth-order valence-electron chi connectivity index (χ4n) is 1.98. The normalized spacial score (nSPS) is 11.2. The number of hydrogen-bond acceptors (Lipinski definition) is 4. The van der Waals surface area contributed by atoms with Crippen LogP contribution in [0.4, 0.5) is 0 Å². The highest BCUT2D eigenvalue weighted by molar-refractivity contribution is 5.77. The van der Waals surface area contributed by atoms with Gasteiger partial charge in [-0.3, -0.25) is 9.89 Å². The number of fused-ring (bicyclic) bond motifs is 1. The van der Waals surface area contributed by atoms with E-state index in [4.69, 9.17) is 0 Å². The zero-order chi connectivity index (χ0) is 12.7. The summed E-state index contributed by atoms with van der Waals surface area (Å²) in [6, 6.07) is 0. The Balaban J connectivity index is 2.33. The molecule has 18 heavy (non-hydrogen) atoms. The number of imidazole rings is 1. The van der Waals surface area contributed by atoms with Gasteiger partial charge in [-0.1, -0.05) is 6.92 Å². The number of nitrogens with zero attached hydrogens (tertiary/aromatic N) is 4. The maximum absolute atomic E-state index is 12.2. The molecule has 0 saturated heterocycles. The van der Waals surface area contributed by atoms with Gasteiger partial charge >= 0.3 is 0 Å². The summed E-state index contributed by atoms with van der Waals surface area (Å²) in [6.45, 7) is 3.80. The van der Waals surface area contributed by atoms with Gasteiger partial charge in [-0.15, -0.1) is 0 Å². The number of nitrogens with one attached hydrogen (secondary N) is 2. The molecule has 0 aromatic carbocycles. The van der Waals surface area contributed by atoms with Crippen molar-refractivity contribution in [3.05, 3.63) is 34.3 Å². The number of hydrogen-bond donors (Lipinski definition) is 2. The first-order valence-electron chi connectivity index (χ1n) is 5.67. The van der Waals surface area contributed by atoms with Crippen molar-refractivity contribution < 1.29 is 0 Å². The van der Waals surface area contributed by atoms with E-state index in [0.29, 0.717) is 22.5 Å². The zero-order valence-corrected chi connectivity index (χ0v) is 10.1. The Morgan fingerprint density at radius 2 is 2.17 bits per heavy atom. The van der Waals surface area contributed by atoms with Crippen LogP contribution in [0.1, 0.15) is 18.2 Å². The maximum atomic E-state index is 12.2. The average molecular weight is 244 g/mol. The van der Waals surface area contributed by atoms with Crippen molar-refractivity contribution in [2.45, 2.75) is 20.3 Å². The molecule has 0 spiro atoms. The van der Waals surface area contributed by atoms with E-state index in [1.165, 1.54) is 17.3 Å². The Morgan fingerprint density at radius 3 is 2.89 bits per heavy atom. The maximum Gasteiger partial charge on any atom is 0.275 e. The quantitative estimate of drug-likeness (QED) is 0.694. The van der Waals surface area contributed by atoms with Crippen LogP contribution in [-0.4, -0.2) is 29.7 Å². The van der Waals surface area contributed by atoms with Crippen LogP contribution < -0.4 is 5.56 Å². The van der Waals surface area contributed by atoms with Crippen LogP contribution in [0.5, 0.6) is 0 Å². The van der Waals surface area contributed by atoms with E-state index in [1.807, 2.05) is 6.92 Å². The van der Waals surface area contributed by atoms with E-state index >= 15 is 0 Å². The van der Waals surface area contributed by atoms with Gasteiger partial charge in [-0.25, -0.2) is 15.0 Å². The molecule has 0 aliphatic rings. The third-order valence-corrected chi connectivity index (χ3v) is 2.99. The lowest BCUT2D eigenvalue weighted by molar-refractivity contribution is 0.796. The van der Waals surface area contributed by atoms with Gasteiger partial charge in [0.05, 0.1) is 6.33 Å². The molecular weight excluding hydrogens is 232 g/mol. The summed E-state index contributed by atoms with van der Waals surface area (Å²) < 4.78 is 1.43. The van der Waals surface area contributed by atoms with E-state index in [9.17, 15) is 4.79 Å². The topological polar surface area (TPSA) is 92.2 Å². The Kier molecular flexibility index (Phi) is 2.26. The second-order valence-electron chi connectivity index (χ2n) is 4.01.